The minimum atomic E-state index is -3.89. The molecule has 0 unspecified atom stereocenters. The molecule has 2 N–H and O–H groups in total. The Labute approximate surface area is 155 Å². The molecule has 0 spiro atoms. The first kappa shape index (κ1) is 18.1. The zero-order valence-corrected chi connectivity index (χ0v) is 15.1. The number of nitrogens with zero attached hydrogens (tertiary/aromatic N) is 2. The summed E-state index contributed by atoms with van der Waals surface area (Å²) in [6.07, 6.45) is 0. The normalized spacial score (nSPS) is 11.2. The molecule has 134 valence electrons. The van der Waals surface area contributed by atoms with Crippen molar-refractivity contribution in [3.05, 3.63) is 71.0 Å². The molecule has 2 aromatic carbocycles. The fraction of sp³-hybridized carbons (Fsp3) is 0.0588. The van der Waals surface area contributed by atoms with Crippen molar-refractivity contribution in [1.29, 1.82) is 0 Å². The number of rotatable bonds is 5. The lowest BCUT2D eigenvalue weighted by atomic mass is 10.2. The second kappa shape index (κ2) is 7.27. The third-order valence-electron chi connectivity index (χ3n) is 3.44. The van der Waals surface area contributed by atoms with Gasteiger partial charge in [-0.25, -0.2) is 12.8 Å². The Balaban J connectivity index is 1.75. The molecule has 1 aromatic heterocycles. The van der Waals surface area contributed by atoms with Gasteiger partial charge in [0.15, 0.2) is 11.6 Å². The van der Waals surface area contributed by atoms with E-state index in [0.717, 1.165) is 11.8 Å². The average molecular weight is 393 g/mol. The molecule has 0 fully saturated rings. The molecule has 0 saturated heterocycles. The molecule has 0 radical (unpaired) electrons. The lowest BCUT2D eigenvalue weighted by Gasteiger charge is -2.09. The summed E-state index contributed by atoms with van der Waals surface area (Å²) < 4.78 is 40.3. The lowest BCUT2D eigenvalue weighted by Crippen LogP contribution is -2.14. The minimum absolute atomic E-state index is 0.0450. The van der Waals surface area contributed by atoms with Crippen LogP contribution in [0.3, 0.4) is 0 Å². The molecule has 3 rings (SSSR count). The maximum Gasteiger partial charge on any atom is 0.263 e. The van der Waals surface area contributed by atoms with Gasteiger partial charge in [0.2, 0.25) is 0 Å². The molecule has 0 saturated carbocycles. The number of aromatic nitrogens is 2. The second-order valence-electron chi connectivity index (χ2n) is 5.46. The van der Waals surface area contributed by atoms with Crippen molar-refractivity contribution < 1.29 is 12.8 Å². The van der Waals surface area contributed by atoms with Gasteiger partial charge in [-0.15, -0.1) is 10.2 Å². The maximum absolute atomic E-state index is 13.3. The van der Waals surface area contributed by atoms with Gasteiger partial charge in [0, 0.05) is 10.7 Å². The van der Waals surface area contributed by atoms with Crippen LogP contribution in [0.5, 0.6) is 0 Å². The molecule has 1 heterocycles. The minimum Gasteiger partial charge on any atom is -0.339 e. The average Bonchev–Trinajstić information content (AvgIpc) is 2.59. The standard InChI is InChI=1S/C17H14ClFN4O2S/c1-11-9-14(5-6-15(11)19)26(24,25)23-17-8-7-16(21-22-17)20-13-4-2-3-12(18)10-13/h2-10H,1H3,(H,20,21)(H,22,23). The van der Waals surface area contributed by atoms with Crippen LogP contribution in [0, 0.1) is 12.7 Å². The second-order valence-corrected chi connectivity index (χ2v) is 7.57. The fourth-order valence-corrected chi connectivity index (χ4v) is 3.42. The maximum atomic E-state index is 13.3. The van der Waals surface area contributed by atoms with Crippen molar-refractivity contribution in [1.82, 2.24) is 10.2 Å². The van der Waals surface area contributed by atoms with Crippen LogP contribution in [-0.2, 0) is 10.0 Å². The summed E-state index contributed by atoms with van der Waals surface area (Å²) in [5, 5.41) is 11.3. The summed E-state index contributed by atoms with van der Waals surface area (Å²) in [6.45, 7) is 1.49. The van der Waals surface area contributed by atoms with Crippen LogP contribution in [0.25, 0.3) is 0 Å². The van der Waals surface area contributed by atoms with Crippen LogP contribution < -0.4 is 10.0 Å². The Morgan fingerprint density at radius 3 is 2.38 bits per heavy atom. The Morgan fingerprint density at radius 1 is 1.00 bits per heavy atom. The van der Waals surface area contributed by atoms with E-state index in [4.69, 9.17) is 11.6 Å². The summed E-state index contributed by atoms with van der Waals surface area (Å²) in [7, 11) is -3.89. The van der Waals surface area contributed by atoms with Crippen molar-refractivity contribution in [3.63, 3.8) is 0 Å². The Morgan fingerprint density at radius 2 is 1.73 bits per heavy atom. The Bertz CT molecular complexity index is 1040. The molecule has 0 amide bonds. The van der Waals surface area contributed by atoms with E-state index in [0.29, 0.717) is 10.8 Å². The molecule has 0 aliphatic rings. The van der Waals surface area contributed by atoms with Crippen LogP contribution in [0.4, 0.5) is 21.7 Å². The van der Waals surface area contributed by atoms with E-state index in [-0.39, 0.29) is 16.3 Å². The molecule has 26 heavy (non-hydrogen) atoms. The van der Waals surface area contributed by atoms with Crippen molar-refractivity contribution in [2.45, 2.75) is 11.8 Å². The highest BCUT2D eigenvalue weighted by atomic mass is 35.5. The van der Waals surface area contributed by atoms with Crippen LogP contribution in [-0.4, -0.2) is 18.6 Å². The molecule has 0 aliphatic heterocycles. The number of anilines is 3. The first-order valence-electron chi connectivity index (χ1n) is 7.49. The largest absolute Gasteiger partial charge is 0.339 e. The number of hydrogen-bond donors (Lipinski definition) is 2. The molecular weight excluding hydrogens is 379 g/mol. The molecular formula is C17H14ClFN4O2S. The predicted molar refractivity (Wildman–Crippen MR) is 98.7 cm³/mol. The van der Waals surface area contributed by atoms with E-state index in [9.17, 15) is 12.8 Å². The summed E-state index contributed by atoms with van der Waals surface area (Å²) >= 11 is 5.91. The van der Waals surface area contributed by atoms with E-state index in [1.807, 2.05) is 0 Å². The number of halogens is 2. The van der Waals surface area contributed by atoms with Gasteiger partial charge in [-0.1, -0.05) is 17.7 Å². The van der Waals surface area contributed by atoms with Gasteiger partial charge in [0.1, 0.15) is 5.82 Å². The molecule has 0 atom stereocenters. The first-order valence-corrected chi connectivity index (χ1v) is 9.35. The van der Waals surface area contributed by atoms with Crippen LogP contribution in [0.1, 0.15) is 5.56 Å². The number of aryl methyl sites for hydroxylation is 1. The highest BCUT2D eigenvalue weighted by Gasteiger charge is 2.16. The molecule has 9 heteroatoms. The topological polar surface area (TPSA) is 84.0 Å². The van der Waals surface area contributed by atoms with E-state index in [2.05, 4.69) is 20.2 Å². The van der Waals surface area contributed by atoms with E-state index >= 15 is 0 Å². The van der Waals surface area contributed by atoms with Crippen molar-refractivity contribution in [2.24, 2.45) is 0 Å². The van der Waals surface area contributed by atoms with Gasteiger partial charge in [-0.2, -0.15) is 0 Å². The van der Waals surface area contributed by atoms with Gasteiger partial charge >= 0.3 is 0 Å². The first-order chi connectivity index (χ1) is 12.3. The number of sulfonamides is 1. The third kappa shape index (κ3) is 4.27. The number of nitrogens with one attached hydrogen (secondary N) is 2. The zero-order chi connectivity index (χ0) is 18.7. The quantitative estimate of drug-likeness (QED) is 0.682. The summed E-state index contributed by atoms with van der Waals surface area (Å²) in [4.78, 5) is -0.0562. The Hall–Kier alpha value is -2.71. The SMILES string of the molecule is Cc1cc(S(=O)(=O)Nc2ccc(Nc3cccc(Cl)c3)nn2)ccc1F. The van der Waals surface area contributed by atoms with Crippen molar-refractivity contribution >= 4 is 38.9 Å². The van der Waals surface area contributed by atoms with Crippen LogP contribution in [0.15, 0.2) is 59.5 Å². The molecule has 6 nitrogen and oxygen atoms in total. The highest BCUT2D eigenvalue weighted by molar-refractivity contribution is 7.92. The Kier molecular flexibility index (Phi) is 5.06. The van der Waals surface area contributed by atoms with Crippen LogP contribution in [0.2, 0.25) is 5.02 Å². The summed E-state index contributed by atoms with van der Waals surface area (Å²) in [5.41, 5.74) is 0.960. The smallest absolute Gasteiger partial charge is 0.263 e. The lowest BCUT2D eigenvalue weighted by molar-refractivity contribution is 0.598. The van der Waals surface area contributed by atoms with Gasteiger partial charge < -0.3 is 5.32 Å². The van der Waals surface area contributed by atoms with E-state index < -0.39 is 15.8 Å². The monoisotopic (exact) mass is 392 g/mol. The molecule has 0 bridgehead atoms. The van der Waals surface area contributed by atoms with Crippen LogP contribution >= 0.6 is 11.6 Å². The van der Waals surface area contributed by atoms with Gasteiger partial charge in [0.25, 0.3) is 10.0 Å². The zero-order valence-electron chi connectivity index (χ0n) is 13.6. The van der Waals surface area contributed by atoms with Crippen molar-refractivity contribution in [3.8, 4) is 0 Å². The van der Waals surface area contributed by atoms with Gasteiger partial charge in [0.05, 0.1) is 4.90 Å². The number of hydrogen-bond acceptors (Lipinski definition) is 5. The van der Waals surface area contributed by atoms with Gasteiger partial charge in [-0.05, 0) is 61.0 Å². The molecule has 3 aromatic rings. The highest BCUT2D eigenvalue weighted by Crippen LogP contribution is 2.20. The summed E-state index contributed by atoms with van der Waals surface area (Å²) in [5.74, 6) is -0.00310. The third-order valence-corrected chi connectivity index (χ3v) is 5.03. The van der Waals surface area contributed by atoms with Crippen molar-refractivity contribution in [2.75, 3.05) is 10.0 Å². The predicted octanol–water partition coefficient (Wildman–Crippen LogP) is 4.12. The van der Waals surface area contributed by atoms with Gasteiger partial charge in [-0.3, -0.25) is 4.72 Å². The number of benzene rings is 2. The molecule has 0 aliphatic carbocycles. The van der Waals surface area contributed by atoms with E-state index in [1.54, 1.807) is 30.3 Å². The fourth-order valence-electron chi connectivity index (χ4n) is 2.15. The summed E-state index contributed by atoms with van der Waals surface area (Å²) in [6, 6.07) is 13.6. The van der Waals surface area contributed by atoms with E-state index in [1.165, 1.54) is 25.1 Å².